The number of aliphatic hydroxyl groups is 1. The predicted molar refractivity (Wildman–Crippen MR) is 65.1 cm³/mol. The number of anilines is 1. The van der Waals surface area contributed by atoms with Gasteiger partial charge in [-0.3, -0.25) is 0 Å². The van der Waals surface area contributed by atoms with Gasteiger partial charge in [0.2, 0.25) is 0 Å². The highest BCUT2D eigenvalue weighted by Gasteiger charge is 2.08. The molecular formula is C13H21NO. The van der Waals surface area contributed by atoms with E-state index in [0.29, 0.717) is 5.92 Å². The van der Waals surface area contributed by atoms with Gasteiger partial charge in [-0.1, -0.05) is 38.5 Å². The first-order chi connectivity index (χ1) is 7.19. The van der Waals surface area contributed by atoms with E-state index in [-0.39, 0.29) is 6.61 Å². The van der Waals surface area contributed by atoms with E-state index < -0.39 is 0 Å². The summed E-state index contributed by atoms with van der Waals surface area (Å²) >= 11 is 0. The largest absolute Gasteiger partial charge is 0.392 e. The molecule has 0 bridgehead atoms. The maximum Gasteiger partial charge on any atom is 0.0702 e. The van der Waals surface area contributed by atoms with Crippen molar-refractivity contribution in [3.05, 3.63) is 29.8 Å². The number of rotatable bonds is 5. The summed E-state index contributed by atoms with van der Waals surface area (Å²) in [6, 6.07) is 8.02. The van der Waals surface area contributed by atoms with Crippen molar-refractivity contribution >= 4 is 5.69 Å². The number of benzene rings is 1. The van der Waals surface area contributed by atoms with Gasteiger partial charge < -0.3 is 10.0 Å². The number of hydrogen-bond acceptors (Lipinski definition) is 2. The molecule has 1 unspecified atom stereocenters. The molecule has 1 atom stereocenters. The van der Waals surface area contributed by atoms with Gasteiger partial charge in [0.05, 0.1) is 6.61 Å². The zero-order valence-corrected chi connectivity index (χ0v) is 9.90. The monoisotopic (exact) mass is 207 g/mol. The number of nitrogens with zero attached hydrogens (tertiary/aromatic N) is 1. The zero-order valence-electron chi connectivity index (χ0n) is 9.90. The van der Waals surface area contributed by atoms with Gasteiger partial charge in [-0.05, 0) is 12.0 Å². The summed E-state index contributed by atoms with van der Waals surface area (Å²) in [7, 11) is 2.08. The summed E-state index contributed by atoms with van der Waals surface area (Å²) in [5, 5.41) is 9.23. The lowest BCUT2D eigenvalue weighted by Gasteiger charge is -2.24. The smallest absolute Gasteiger partial charge is 0.0702 e. The highest BCUT2D eigenvalue weighted by Crippen LogP contribution is 2.20. The first kappa shape index (κ1) is 12.1. The van der Waals surface area contributed by atoms with Crippen LogP contribution in [0.1, 0.15) is 25.8 Å². The van der Waals surface area contributed by atoms with Crippen LogP contribution in [-0.4, -0.2) is 18.7 Å². The van der Waals surface area contributed by atoms with Crippen LogP contribution in [0.3, 0.4) is 0 Å². The van der Waals surface area contributed by atoms with Gasteiger partial charge in [-0.15, -0.1) is 0 Å². The van der Waals surface area contributed by atoms with Crippen molar-refractivity contribution < 1.29 is 5.11 Å². The quantitative estimate of drug-likeness (QED) is 0.802. The van der Waals surface area contributed by atoms with Crippen molar-refractivity contribution in [2.45, 2.75) is 26.9 Å². The predicted octanol–water partition coefficient (Wildman–Crippen LogP) is 2.66. The summed E-state index contributed by atoms with van der Waals surface area (Å²) in [6.45, 7) is 5.60. The fraction of sp³-hybridized carbons (Fsp3) is 0.538. The molecule has 0 saturated carbocycles. The van der Waals surface area contributed by atoms with Gasteiger partial charge in [-0.2, -0.15) is 0 Å². The van der Waals surface area contributed by atoms with E-state index in [0.717, 1.165) is 17.8 Å². The second kappa shape index (κ2) is 5.76. The standard InChI is InChI=1S/C13H21NO/c1-4-11(2)9-14(3)13-8-6-5-7-12(13)10-15/h5-8,11,15H,4,9-10H2,1-3H3. The Bertz CT molecular complexity index is 298. The molecule has 2 nitrogen and oxygen atoms in total. The lowest BCUT2D eigenvalue weighted by Crippen LogP contribution is -2.24. The van der Waals surface area contributed by atoms with E-state index in [1.54, 1.807) is 0 Å². The molecule has 0 saturated heterocycles. The second-order valence-corrected chi connectivity index (χ2v) is 4.18. The summed E-state index contributed by atoms with van der Waals surface area (Å²) in [5.41, 5.74) is 2.14. The van der Waals surface area contributed by atoms with Crippen LogP contribution in [0.25, 0.3) is 0 Å². The van der Waals surface area contributed by atoms with Crippen molar-refractivity contribution in [2.75, 3.05) is 18.5 Å². The molecule has 1 N–H and O–H groups in total. The fourth-order valence-electron chi connectivity index (χ4n) is 1.71. The van der Waals surface area contributed by atoms with Crippen molar-refractivity contribution in [1.29, 1.82) is 0 Å². The summed E-state index contributed by atoms with van der Waals surface area (Å²) in [5.74, 6) is 0.682. The minimum atomic E-state index is 0.112. The molecular weight excluding hydrogens is 186 g/mol. The zero-order chi connectivity index (χ0) is 11.3. The highest BCUT2D eigenvalue weighted by molar-refractivity contribution is 5.52. The van der Waals surface area contributed by atoms with Crippen LogP contribution in [0.15, 0.2) is 24.3 Å². The topological polar surface area (TPSA) is 23.5 Å². The minimum absolute atomic E-state index is 0.112. The van der Waals surface area contributed by atoms with E-state index in [9.17, 15) is 5.11 Å². The normalized spacial score (nSPS) is 12.5. The van der Waals surface area contributed by atoms with Crippen LogP contribution in [0.4, 0.5) is 5.69 Å². The van der Waals surface area contributed by atoms with Crippen LogP contribution in [0.2, 0.25) is 0 Å². The van der Waals surface area contributed by atoms with Crippen molar-refractivity contribution in [1.82, 2.24) is 0 Å². The minimum Gasteiger partial charge on any atom is -0.392 e. The molecule has 0 radical (unpaired) electrons. The van der Waals surface area contributed by atoms with Gasteiger partial charge in [0.1, 0.15) is 0 Å². The first-order valence-corrected chi connectivity index (χ1v) is 5.59. The van der Waals surface area contributed by atoms with Crippen molar-refractivity contribution in [3.63, 3.8) is 0 Å². The SMILES string of the molecule is CCC(C)CN(C)c1ccccc1CO. The molecule has 0 aliphatic carbocycles. The molecule has 2 heteroatoms. The van der Waals surface area contributed by atoms with Gasteiger partial charge >= 0.3 is 0 Å². The maximum atomic E-state index is 9.23. The van der Waals surface area contributed by atoms with Crippen molar-refractivity contribution in [3.8, 4) is 0 Å². The average Bonchev–Trinajstić information content (AvgIpc) is 2.28. The number of para-hydroxylation sites is 1. The Morgan fingerprint density at radius 3 is 2.60 bits per heavy atom. The van der Waals surface area contributed by atoms with E-state index in [2.05, 4.69) is 31.9 Å². The third-order valence-corrected chi connectivity index (χ3v) is 2.86. The van der Waals surface area contributed by atoms with E-state index in [4.69, 9.17) is 0 Å². The average molecular weight is 207 g/mol. The fourth-order valence-corrected chi connectivity index (χ4v) is 1.71. The van der Waals surface area contributed by atoms with E-state index in [1.165, 1.54) is 6.42 Å². The van der Waals surface area contributed by atoms with Crippen molar-refractivity contribution in [2.24, 2.45) is 5.92 Å². The Morgan fingerprint density at radius 2 is 2.00 bits per heavy atom. The van der Waals surface area contributed by atoms with Crippen LogP contribution >= 0.6 is 0 Å². The van der Waals surface area contributed by atoms with Crippen LogP contribution in [0.5, 0.6) is 0 Å². The Balaban J connectivity index is 2.76. The van der Waals surface area contributed by atoms with Crippen LogP contribution < -0.4 is 4.90 Å². The van der Waals surface area contributed by atoms with Crippen LogP contribution in [-0.2, 0) is 6.61 Å². The molecule has 1 aromatic rings. The van der Waals surface area contributed by atoms with Gasteiger partial charge in [0.15, 0.2) is 0 Å². The van der Waals surface area contributed by atoms with Gasteiger partial charge in [0.25, 0.3) is 0 Å². The Hall–Kier alpha value is -1.02. The lowest BCUT2D eigenvalue weighted by atomic mass is 10.1. The molecule has 0 aromatic heterocycles. The molecule has 0 spiro atoms. The van der Waals surface area contributed by atoms with Gasteiger partial charge in [-0.25, -0.2) is 0 Å². The summed E-state index contributed by atoms with van der Waals surface area (Å²) in [6.07, 6.45) is 1.19. The summed E-state index contributed by atoms with van der Waals surface area (Å²) in [4.78, 5) is 2.22. The molecule has 0 amide bonds. The molecule has 0 aliphatic rings. The Morgan fingerprint density at radius 1 is 1.33 bits per heavy atom. The Labute approximate surface area is 92.5 Å². The first-order valence-electron chi connectivity index (χ1n) is 5.59. The molecule has 0 fully saturated rings. The molecule has 0 aliphatic heterocycles. The molecule has 84 valence electrons. The van der Waals surface area contributed by atoms with E-state index >= 15 is 0 Å². The third kappa shape index (κ3) is 3.24. The lowest BCUT2D eigenvalue weighted by molar-refractivity contribution is 0.282. The van der Waals surface area contributed by atoms with Gasteiger partial charge in [0, 0.05) is 24.8 Å². The Kier molecular flexibility index (Phi) is 4.63. The number of hydrogen-bond donors (Lipinski definition) is 1. The summed E-state index contributed by atoms with van der Waals surface area (Å²) < 4.78 is 0. The van der Waals surface area contributed by atoms with Crippen LogP contribution in [0, 0.1) is 5.92 Å². The second-order valence-electron chi connectivity index (χ2n) is 4.18. The molecule has 1 aromatic carbocycles. The maximum absolute atomic E-state index is 9.23. The molecule has 1 rings (SSSR count). The van der Waals surface area contributed by atoms with E-state index in [1.807, 2.05) is 18.2 Å². The molecule has 0 heterocycles. The molecule has 15 heavy (non-hydrogen) atoms. The third-order valence-electron chi connectivity index (χ3n) is 2.86. The number of aliphatic hydroxyl groups excluding tert-OH is 1. The highest BCUT2D eigenvalue weighted by atomic mass is 16.3.